The Morgan fingerprint density at radius 1 is 1.24 bits per heavy atom. The van der Waals surface area contributed by atoms with Gasteiger partial charge in [0.1, 0.15) is 4.90 Å². The van der Waals surface area contributed by atoms with Crippen LogP contribution in [0.15, 0.2) is 23.1 Å². The molecule has 94 valence electrons. The molecule has 7 heteroatoms. The highest BCUT2D eigenvalue weighted by Crippen LogP contribution is 2.31. The Bertz CT molecular complexity index is 512. The first-order valence-electron chi connectivity index (χ1n) is 5.13. The van der Waals surface area contributed by atoms with E-state index in [4.69, 9.17) is 28.0 Å². The normalized spacial score (nSPS) is 18.2. The SMILES string of the molecule is O=S(=O)(c1cccc(Cl)c1Cl)N1CCCCO1. The van der Waals surface area contributed by atoms with Crippen LogP contribution in [0.4, 0.5) is 0 Å². The molecule has 1 aromatic carbocycles. The van der Waals surface area contributed by atoms with Gasteiger partial charge in [0.05, 0.1) is 16.7 Å². The number of halogens is 2. The summed E-state index contributed by atoms with van der Waals surface area (Å²) in [5.41, 5.74) is 0. The van der Waals surface area contributed by atoms with Gasteiger partial charge >= 0.3 is 0 Å². The second-order valence-electron chi connectivity index (χ2n) is 3.62. The maximum Gasteiger partial charge on any atom is 0.266 e. The Morgan fingerprint density at radius 2 is 2.00 bits per heavy atom. The van der Waals surface area contributed by atoms with E-state index in [0.29, 0.717) is 13.2 Å². The summed E-state index contributed by atoms with van der Waals surface area (Å²) in [5.74, 6) is 0. The fraction of sp³-hybridized carbons (Fsp3) is 0.400. The van der Waals surface area contributed by atoms with Crippen LogP contribution in [0.1, 0.15) is 12.8 Å². The van der Waals surface area contributed by atoms with Gasteiger partial charge in [-0.05, 0) is 25.0 Å². The van der Waals surface area contributed by atoms with Gasteiger partial charge in [-0.25, -0.2) is 8.42 Å². The summed E-state index contributed by atoms with van der Waals surface area (Å²) in [7, 11) is -3.72. The van der Waals surface area contributed by atoms with Crippen molar-refractivity contribution >= 4 is 33.2 Å². The highest BCUT2D eigenvalue weighted by atomic mass is 35.5. The van der Waals surface area contributed by atoms with Crippen LogP contribution in [0.3, 0.4) is 0 Å². The number of sulfonamides is 1. The minimum absolute atomic E-state index is 0.0198. The van der Waals surface area contributed by atoms with Gasteiger partial charge < -0.3 is 0 Å². The zero-order valence-corrected chi connectivity index (χ0v) is 11.2. The van der Waals surface area contributed by atoms with Crippen LogP contribution in [0.25, 0.3) is 0 Å². The van der Waals surface area contributed by atoms with Crippen molar-refractivity contribution < 1.29 is 13.3 Å². The number of benzene rings is 1. The lowest BCUT2D eigenvalue weighted by Crippen LogP contribution is -2.35. The highest BCUT2D eigenvalue weighted by Gasteiger charge is 2.29. The molecule has 0 radical (unpaired) electrons. The van der Waals surface area contributed by atoms with Crippen LogP contribution < -0.4 is 0 Å². The Hall–Kier alpha value is -0.330. The van der Waals surface area contributed by atoms with Crippen molar-refractivity contribution in [1.29, 1.82) is 0 Å². The molecule has 1 heterocycles. The van der Waals surface area contributed by atoms with Gasteiger partial charge in [0.15, 0.2) is 0 Å². The second-order valence-corrected chi connectivity index (χ2v) is 6.21. The maximum atomic E-state index is 12.2. The molecule has 1 aliphatic rings. The molecule has 1 saturated heterocycles. The quantitative estimate of drug-likeness (QED) is 0.843. The fourth-order valence-corrected chi connectivity index (χ4v) is 3.59. The predicted molar refractivity (Wildman–Crippen MR) is 65.5 cm³/mol. The van der Waals surface area contributed by atoms with E-state index >= 15 is 0 Å². The lowest BCUT2D eigenvalue weighted by molar-refractivity contribution is -0.108. The number of hydrogen-bond acceptors (Lipinski definition) is 3. The van der Waals surface area contributed by atoms with Crippen LogP contribution in [0.2, 0.25) is 10.0 Å². The lowest BCUT2D eigenvalue weighted by Gasteiger charge is -2.25. The first-order chi connectivity index (χ1) is 8.03. The Morgan fingerprint density at radius 3 is 2.65 bits per heavy atom. The van der Waals surface area contributed by atoms with Crippen LogP contribution in [0, 0.1) is 0 Å². The molecule has 1 aliphatic heterocycles. The van der Waals surface area contributed by atoms with E-state index in [0.717, 1.165) is 17.3 Å². The number of hydroxylamine groups is 1. The largest absolute Gasteiger partial charge is 0.284 e. The van der Waals surface area contributed by atoms with Crippen molar-refractivity contribution in [1.82, 2.24) is 4.47 Å². The van der Waals surface area contributed by atoms with Gasteiger partial charge in [-0.15, -0.1) is 0 Å². The molecule has 0 spiro atoms. The zero-order valence-electron chi connectivity index (χ0n) is 8.90. The van der Waals surface area contributed by atoms with Gasteiger partial charge in [-0.2, -0.15) is 0 Å². The molecular formula is C10H11Cl2NO3S. The topological polar surface area (TPSA) is 46.6 Å². The van der Waals surface area contributed by atoms with Crippen LogP contribution in [0.5, 0.6) is 0 Å². The van der Waals surface area contributed by atoms with Crippen molar-refractivity contribution in [2.75, 3.05) is 13.2 Å². The standard InChI is InChI=1S/C10H11Cl2NO3S/c11-8-4-3-5-9(10(8)12)17(14,15)13-6-1-2-7-16-13/h3-5H,1-2,6-7H2. The first-order valence-corrected chi connectivity index (χ1v) is 7.33. The highest BCUT2D eigenvalue weighted by molar-refractivity contribution is 7.89. The molecule has 0 amide bonds. The summed E-state index contributed by atoms with van der Waals surface area (Å²) in [5, 5.41) is 0.244. The number of hydrogen-bond donors (Lipinski definition) is 0. The molecule has 2 rings (SSSR count). The Labute approximate surface area is 110 Å². The summed E-state index contributed by atoms with van der Waals surface area (Å²) >= 11 is 11.7. The molecule has 1 fully saturated rings. The average Bonchev–Trinajstić information content (AvgIpc) is 2.33. The van der Waals surface area contributed by atoms with Gasteiger partial charge in [0.2, 0.25) is 0 Å². The van der Waals surface area contributed by atoms with Crippen molar-refractivity contribution in [2.45, 2.75) is 17.7 Å². The summed E-state index contributed by atoms with van der Waals surface area (Å²) < 4.78 is 25.4. The third-order valence-electron chi connectivity index (χ3n) is 2.43. The molecule has 1 aromatic rings. The van der Waals surface area contributed by atoms with Gasteiger partial charge in [-0.3, -0.25) is 4.84 Å². The molecule has 0 saturated carbocycles. The van der Waals surface area contributed by atoms with E-state index in [1.165, 1.54) is 6.07 Å². The van der Waals surface area contributed by atoms with E-state index < -0.39 is 10.0 Å². The molecule has 0 aromatic heterocycles. The van der Waals surface area contributed by atoms with Crippen molar-refractivity contribution in [3.05, 3.63) is 28.2 Å². The minimum atomic E-state index is -3.72. The molecule has 17 heavy (non-hydrogen) atoms. The average molecular weight is 296 g/mol. The molecule has 0 atom stereocenters. The summed E-state index contributed by atoms with van der Waals surface area (Å²) in [6.07, 6.45) is 1.63. The van der Waals surface area contributed by atoms with E-state index in [-0.39, 0.29) is 14.9 Å². The Balaban J connectivity index is 2.40. The second kappa shape index (κ2) is 5.12. The van der Waals surface area contributed by atoms with Crippen molar-refractivity contribution in [3.63, 3.8) is 0 Å². The van der Waals surface area contributed by atoms with Crippen LogP contribution in [-0.2, 0) is 14.9 Å². The summed E-state index contributed by atoms with van der Waals surface area (Å²) in [4.78, 5) is 5.12. The van der Waals surface area contributed by atoms with Crippen LogP contribution in [-0.4, -0.2) is 26.0 Å². The fourth-order valence-electron chi connectivity index (χ4n) is 1.56. The van der Waals surface area contributed by atoms with Crippen molar-refractivity contribution in [2.24, 2.45) is 0 Å². The van der Waals surface area contributed by atoms with E-state index in [1.54, 1.807) is 12.1 Å². The predicted octanol–water partition coefficient (Wildman–Crippen LogP) is 2.71. The zero-order chi connectivity index (χ0) is 12.5. The third kappa shape index (κ3) is 2.58. The number of rotatable bonds is 2. The molecule has 0 unspecified atom stereocenters. The lowest BCUT2D eigenvalue weighted by atomic mass is 10.3. The van der Waals surface area contributed by atoms with Gasteiger partial charge in [0, 0.05) is 6.54 Å². The van der Waals surface area contributed by atoms with Gasteiger partial charge in [0.25, 0.3) is 10.0 Å². The maximum absolute atomic E-state index is 12.2. The Kier molecular flexibility index (Phi) is 3.95. The molecule has 0 bridgehead atoms. The summed E-state index contributed by atoms with van der Waals surface area (Å²) in [6.45, 7) is 0.739. The van der Waals surface area contributed by atoms with E-state index in [9.17, 15) is 8.42 Å². The smallest absolute Gasteiger partial charge is 0.266 e. The first kappa shape index (κ1) is 13.1. The molecule has 0 aliphatic carbocycles. The number of nitrogens with zero attached hydrogens (tertiary/aromatic N) is 1. The van der Waals surface area contributed by atoms with E-state index in [2.05, 4.69) is 0 Å². The van der Waals surface area contributed by atoms with Crippen LogP contribution >= 0.6 is 23.2 Å². The van der Waals surface area contributed by atoms with Gasteiger partial charge in [-0.1, -0.05) is 33.7 Å². The molecular weight excluding hydrogens is 285 g/mol. The van der Waals surface area contributed by atoms with Crippen molar-refractivity contribution in [3.8, 4) is 0 Å². The molecule has 4 nitrogen and oxygen atoms in total. The van der Waals surface area contributed by atoms with E-state index in [1.807, 2.05) is 0 Å². The summed E-state index contributed by atoms with van der Waals surface area (Å²) in [6, 6.07) is 4.51. The monoisotopic (exact) mass is 295 g/mol. The minimum Gasteiger partial charge on any atom is -0.284 e. The third-order valence-corrected chi connectivity index (χ3v) is 5.08. The molecule has 0 N–H and O–H groups in total.